The Morgan fingerprint density at radius 2 is 1.92 bits per heavy atom. The van der Waals surface area contributed by atoms with E-state index < -0.39 is 0 Å². The van der Waals surface area contributed by atoms with Crippen LogP contribution in [0.15, 0.2) is 18.5 Å². The second-order valence-electron chi connectivity index (χ2n) is 6.58. The highest BCUT2D eigenvalue weighted by Crippen LogP contribution is 2.35. The van der Waals surface area contributed by atoms with Crippen molar-refractivity contribution in [3.8, 4) is 0 Å². The van der Waals surface area contributed by atoms with Gasteiger partial charge in [0.05, 0.1) is 0 Å². The van der Waals surface area contributed by atoms with E-state index in [9.17, 15) is 4.79 Å². The average molecular weight is 326 g/mol. The standard InChI is InChI=1S/C18H22N4O2/c1-19-17-15-10-20-16(22-18(23)12-2-3-12)8-13(15)14(9-21-17)11-4-6-24-7-5-11/h8-12H,2-7H2,1H3,(H,19,21)(H,20,22,23). The van der Waals surface area contributed by atoms with E-state index in [0.717, 1.165) is 55.5 Å². The number of carbonyl (C=O) groups is 1. The van der Waals surface area contributed by atoms with Crippen molar-refractivity contribution in [2.75, 3.05) is 30.9 Å². The zero-order valence-electron chi connectivity index (χ0n) is 13.8. The molecular formula is C18H22N4O2. The average Bonchev–Trinajstić information content (AvgIpc) is 3.46. The molecule has 1 amide bonds. The highest BCUT2D eigenvalue weighted by Gasteiger charge is 2.30. The summed E-state index contributed by atoms with van der Waals surface area (Å²) in [6, 6.07) is 1.99. The van der Waals surface area contributed by atoms with E-state index in [0.29, 0.717) is 11.7 Å². The van der Waals surface area contributed by atoms with Gasteiger partial charge in [-0.3, -0.25) is 4.79 Å². The van der Waals surface area contributed by atoms with Gasteiger partial charge in [-0.2, -0.15) is 0 Å². The largest absolute Gasteiger partial charge is 0.381 e. The molecule has 126 valence electrons. The first-order valence-electron chi connectivity index (χ1n) is 8.61. The van der Waals surface area contributed by atoms with Crippen molar-refractivity contribution in [3.63, 3.8) is 0 Å². The summed E-state index contributed by atoms with van der Waals surface area (Å²) >= 11 is 0. The summed E-state index contributed by atoms with van der Waals surface area (Å²) in [5.41, 5.74) is 1.22. The van der Waals surface area contributed by atoms with Gasteiger partial charge in [0.15, 0.2) is 0 Å². The van der Waals surface area contributed by atoms with Gasteiger partial charge in [0, 0.05) is 44.0 Å². The van der Waals surface area contributed by atoms with E-state index in [1.165, 1.54) is 5.56 Å². The molecule has 2 aliphatic rings. The number of rotatable bonds is 4. The van der Waals surface area contributed by atoms with Crippen LogP contribution >= 0.6 is 0 Å². The topological polar surface area (TPSA) is 76.1 Å². The van der Waals surface area contributed by atoms with Gasteiger partial charge in [0.1, 0.15) is 11.6 Å². The van der Waals surface area contributed by atoms with E-state index in [4.69, 9.17) is 4.74 Å². The number of hydrogen-bond acceptors (Lipinski definition) is 5. The fourth-order valence-electron chi connectivity index (χ4n) is 3.33. The molecule has 2 fully saturated rings. The lowest BCUT2D eigenvalue weighted by molar-refractivity contribution is -0.117. The maximum absolute atomic E-state index is 12.0. The molecule has 1 aliphatic heterocycles. The van der Waals surface area contributed by atoms with Crippen molar-refractivity contribution in [1.82, 2.24) is 9.97 Å². The van der Waals surface area contributed by atoms with Gasteiger partial charge in [0.25, 0.3) is 0 Å². The third-order valence-corrected chi connectivity index (χ3v) is 4.90. The lowest BCUT2D eigenvalue weighted by atomic mass is 9.90. The molecule has 6 nitrogen and oxygen atoms in total. The minimum Gasteiger partial charge on any atom is -0.381 e. The number of nitrogens with one attached hydrogen (secondary N) is 2. The molecule has 3 heterocycles. The molecule has 2 aromatic rings. The van der Waals surface area contributed by atoms with E-state index in [1.807, 2.05) is 19.3 Å². The molecule has 0 unspecified atom stereocenters. The van der Waals surface area contributed by atoms with Gasteiger partial charge in [-0.25, -0.2) is 9.97 Å². The SMILES string of the molecule is CNc1ncc(C2CCOCC2)c2cc(NC(=O)C3CC3)ncc12. The first-order chi connectivity index (χ1) is 11.8. The maximum Gasteiger partial charge on any atom is 0.228 e. The molecule has 1 saturated carbocycles. The first kappa shape index (κ1) is 15.3. The summed E-state index contributed by atoms with van der Waals surface area (Å²) in [4.78, 5) is 21.0. The molecule has 0 radical (unpaired) electrons. The number of amides is 1. The molecule has 6 heteroatoms. The Hall–Kier alpha value is -2.21. The molecule has 0 aromatic carbocycles. The Bertz CT molecular complexity index is 767. The Balaban J connectivity index is 1.74. The summed E-state index contributed by atoms with van der Waals surface area (Å²) in [5.74, 6) is 2.13. The van der Waals surface area contributed by atoms with E-state index >= 15 is 0 Å². The molecule has 2 aromatic heterocycles. The van der Waals surface area contributed by atoms with Crippen LogP contribution in [-0.2, 0) is 9.53 Å². The molecule has 0 atom stereocenters. The minimum absolute atomic E-state index is 0.0809. The summed E-state index contributed by atoms with van der Waals surface area (Å²) in [6.07, 6.45) is 7.74. The van der Waals surface area contributed by atoms with Gasteiger partial charge in [-0.05, 0) is 48.6 Å². The van der Waals surface area contributed by atoms with Crippen LogP contribution in [-0.4, -0.2) is 36.1 Å². The molecule has 1 saturated heterocycles. The predicted octanol–water partition coefficient (Wildman–Crippen LogP) is 2.91. The summed E-state index contributed by atoms with van der Waals surface area (Å²) < 4.78 is 5.49. The van der Waals surface area contributed by atoms with Gasteiger partial charge in [-0.15, -0.1) is 0 Å². The van der Waals surface area contributed by atoms with Crippen LogP contribution in [0.3, 0.4) is 0 Å². The van der Waals surface area contributed by atoms with Crippen molar-refractivity contribution < 1.29 is 9.53 Å². The molecule has 1 aliphatic carbocycles. The second kappa shape index (κ2) is 6.36. The molecule has 0 spiro atoms. The number of carbonyl (C=O) groups excluding carboxylic acids is 1. The van der Waals surface area contributed by atoms with Gasteiger partial charge in [0.2, 0.25) is 5.91 Å². The Morgan fingerprint density at radius 3 is 2.62 bits per heavy atom. The van der Waals surface area contributed by atoms with E-state index in [2.05, 4.69) is 20.6 Å². The van der Waals surface area contributed by atoms with Crippen molar-refractivity contribution in [2.45, 2.75) is 31.6 Å². The zero-order chi connectivity index (χ0) is 16.5. The van der Waals surface area contributed by atoms with E-state index in [1.54, 1.807) is 6.20 Å². The smallest absolute Gasteiger partial charge is 0.228 e. The highest BCUT2D eigenvalue weighted by molar-refractivity contribution is 5.98. The van der Waals surface area contributed by atoms with Crippen molar-refractivity contribution >= 4 is 28.3 Å². The quantitative estimate of drug-likeness (QED) is 0.903. The van der Waals surface area contributed by atoms with Crippen molar-refractivity contribution in [2.24, 2.45) is 5.92 Å². The van der Waals surface area contributed by atoms with E-state index in [-0.39, 0.29) is 11.8 Å². The number of anilines is 2. The number of nitrogens with zero attached hydrogens (tertiary/aromatic N) is 2. The molecule has 0 bridgehead atoms. The summed E-state index contributed by atoms with van der Waals surface area (Å²) in [6.45, 7) is 1.58. The Kier molecular flexibility index (Phi) is 4.06. The van der Waals surface area contributed by atoms with Crippen LogP contribution in [0.25, 0.3) is 10.8 Å². The Morgan fingerprint density at radius 1 is 1.12 bits per heavy atom. The fourth-order valence-corrected chi connectivity index (χ4v) is 3.33. The normalized spacial score (nSPS) is 18.5. The third-order valence-electron chi connectivity index (χ3n) is 4.90. The summed E-state index contributed by atoms with van der Waals surface area (Å²) in [7, 11) is 1.86. The molecule has 24 heavy (non-hydrogen) atoms. The minimum atomic E-state index is 0.0809. The zero-order valence-corrected chi connectivity index (χ0v) is 13.8. The highest BCUT2D eigenvalue weighted by atomic mass is 16.5. The van der Waals surface area contributed by atoms with Crippen LogP contribution in [0.1, 0.15) is 37.2 Å². The lowest BCUT2D eigenvalue weighted by Gasteiger charge is -2.24. The molecular weight excluding hydrogens is 304 g/mol. The van der Waals surface area contributed by atoms with Gasteiger partial charge < -0.3 is 15.4 Å². The number of fused-ring (bicyclic) bond motifs is 1. The number of ether oxygens (including phenoxy) is 1. The van der Waals surface area contributed by atoms with Crippen molar-refractivity contribution in [1.29, 1.82) is 0 Å². The fraction of sp³-hybridized carbons (Fsp3) is 0.500. The second-order valence-corrected chi connectivity index (χ2v) is 6.58. The number of hydrogen-bond donors (Lipinski definition) is 2. The first-order valence-corrected chi connectivity index (χ1v) is 8.61. The lowest BCUT2D eigenvalue weighted by Crippen LogP contribution is -2.16. The Labute approximate surface area is 141 Å². The maximum atomic E-state index is 12.0. The van der Waals surface area contributed by atoms with Gasteiger partial charge in [-0.1, -0.05) is 0 Å². The van der Waals surface area contributed by atoms with Crippen LogP contribution in [0.2, 0.25) is 0 Å². The molecule has 4 rings (SSSR count). The van der Waals surface area contributed by atoms with Crippen LogP contribution in [0.4, 0.5) is 11.6 Å². The monoisotopic (exact) mass is 326 g/mol. The third kappa shape index (κ3) is 2.94. The predicted molar refractivity (Wildman–Crippen MR) is 93.2 cm³/mol. The van der Waals surface area contributed by atoms with Gasteiger partial charge >= 0.3 is 0 Å². The van der Waals surface area contributed by atoms with Crippen LogP contribution in [0.5, 0.6) is 0 Å². The molecule has 2 N–H and O–H groups in total. The summed E-state index contributed by atoms with van der Waals surface area (Å²) in [5, 5.41) is 8.18. The number of aromatic nitrogens is 2. The van der Waals surface area contributed by atoms with Crippen LogP contribution in [0, 0.1) is 5.92 Å². The van der Waals surface area contributed by atoms with Crippen molar-refractivity contribution in [3.05, 3.63) is 24.0 Å². The number of pyridine rings is 2. The van der Waals surface area contributed by atoms with Crippen LogP contribution < -0.4 is 10.6 Å².